The smallest absolute Gasteiger partial charge is 0.249 e. The van der Waals surface area contributed by atoms with Gasteiger partial charge in [-0.15, -0.1) is 28.1 Å². The maximum Gasteiger partial charge on any atom is 0.249 e. The summed E-state index contributed by atoms with van der Waals surface area (Å²) >= 11 is 3.58. The summed E-state index contributed by atoms with van der Waals surface area (Å²) in [6.45, 7) is 13.5. The van der Waals surface area contributed by atoms with Crippen LogP contribution in [0.4, 0.5) is 0 Å². The molecule has 0 aliphatic carbocycles. The van der Waals surface area contributed by atoms with E-state index in [4.69, 9.17) is 4.44 Å². The van der Waals surface area contributed by atoms with Gasteiger partial charge in [-0.05, 0) is 90.1 Å². The van der Waals surface area contributed by atoms with Crippen molar-refractivity contribution >= 4 is 68.8 Å². The number of aryl methyl sites for hydroxylation is 6. The van der Waals surface area contributed by atoms with E-state index in [1.165, 1.54) is 75.4 Å². The van der Waals surface area contributed by atoms with Crippen LogP contribution >= 0.6 is 30.2 Å². The van der Waals surface area contributed by atoms with Crippen LogP contribution in [0, 0.1) is 65.2 Å². The standard InChI is InChI=1S/C54H44BOPS2/c1-37-31-39(3)51(40(4)32-37)55(52-41(5)33-38(2)34-42(52)6)49-35-47(29-27-43-19-11-7-12-20-43)58-53(49)54-50(36-48(59-54)30-28-44-21-13-8-14-22-44)57(56-55,45-23-15-9-16-24-45)46-25-17-10-18-26-46/h7-26,31-36H,1-6H3. The summed E-state index contributed by atoms with van der Waals surface area (Å²) in [6, 6.07) is 56.8. The lowest BCUT2D eigenvalue weighted by Gasteiger charge is -2.48. The van der Waals surface area contributed by atoms with Crippen molar-refractivity contribution in [3.05, 3.63) is 212 Å². The average molecular weight is 815 g/mol. The van der Waals surface area contributed by atoms with Crippen LogP contribution in [-0.2, 0) is 4.44 Å². The third kappa shape index (κ3) is 6.92. The second-order valence-corrected chi connectivity index (χ2v) is 20.8. The Labute approximate surface area is 358 Å². The molecule has 1 aliphatic heterocycles. The van der Waals surface area contributed by atoms with Gasteiger partial charge < -0.3 is 4.44 Å². The van der Waals surface area contributed by atoms with Crippen molar-refractivity contribution in [1.29, 1.82) is 0 Å². The molecule has 0 N–H and O–H groups in total. The number of rotatable bonds is 4. The lowest BCUT2D eigenvalue weighted by Crippen LogP contribution is -2.72. The maximum absolute atomic E-state index is 8.83. The molecule has 3 heterocycles. The molecule has 0 radical (unpaired) electrons. The Balaban J connectivity index is 1.49. The van der Waals surface area contributed by atoms with Crippen molar-refractivity contribution < 1.29 is 4.44 Å². The summed E-state index contributed by atoms with van der Waals surface area (Å²) in [4.78, 5) is 4.45. The van der Waals surface area contributed by atoms with Crippen LogP contribution in [-0.4, -0.2) is 6.35 Å². The minimum Gasteiger partial charge on any atom is -0.413 e. The molecule has 0 saturated carbocycles. The first-order valence-corrected chi connectivity index (χ1v) is 23.5. The van der Waals surface area contributed by atoms with Crippen LogP contribution in [0.2, 0.25) is 0 Å². The van der Waals surface area contributed by atoms with Crippen LogP contribution < -0.4 is 32.3 Å². The predicted octanol–water partition coefficient (Wildman–Crippen LogP) is 10.3. The lowest BCUT2D eigenvalue weighted by molar-refractivity contribution is 0.647. The number of hydrogen-bond acceptors (Lipinski definition) is 3. The first kappa shape index (κ1) is 38.8. The molecule has 8 aromatic rings. The Kier molecular flexibility index (Phi) is 10.4. The molecule has 0 amide bonds. The molecular formula is C54H44BOPS2. The largest absolute Gasteiger partial charge is 0.413 e. The highest BCUT2D eigenvalue weighted by atomic mass is 32.1. The Hall–Kier alpha value is -5.71. The monoisotopic (exact) mass is 814 g/mol. The van der Waals surface area contributed by atoms with Gasteiger partial charge in [0.2, 0.25) is 6.35 Å². The highest BCUT2D eigenvalue weighted by Gasteiger charge is 2.57. The SMILES string of the molecule is Cc1cc(C)c([B-]2(c3c(C)cc(C)cc3C)O[P+](c3ccccc3)(c3ccccc3)c3cc(C#Cc4ccccc4)sc3-c3sc(C#Cc4ccccc4)cc32)c(C)c1. The van der Waals surface area contributed by atoms with E-state index in [2.05, 4.69) is 187 Å². The van der Waals surface area contributed by atoms with E-state index in [1.807, 2.05) is 36.4 Å². The minimum atomic E-state index is -2.95. The van der Waals surface area contributed by atoms with Gasteiger partial charge in [-0.3, -0.25) is 0 Å². The van der Waals surface area contributed by atoms with E-state index in [0.29, 0.717) is 0 Å². The molecule has 9 rings (SSSR count). The molecule has 59 heavy (non-hydrogen) atoms. The predicted molar refractivity (Wildman–Crippen MR) is 258 cm³/mol. The molecule has 0 saturated heterocycles. The van der Waals surface area contributed by atoms with Crippen LogP contribution in [0.1, 0.15) is 54.3 Å². The van der Waals surface area contributed by atoms with Gasteiger partial charge in [-0.2, -0.15) is 10.9 Å². The van der Waals surface area contributed by atoms with Crippen LogP contribution in [0.5, 0.6) is 0 Å². The molecular weight excluding hydrogens is 771 g/mol. The van der Waals surface area contributed by atoms with Gasteiger partial charge in [0.25, 0.3) is 0 Å². The van der Waals surface area contributed by atoms with Gasteiger partial charge in [0, 0.05) is 22.1 Å². The van der Waals surface area contributed by atoms with E-state index < -0.39 is 13.8 Å². The minimum absolute atomic E-state index is 0.993. The van der Waals surface area contributed by atoms with Gasteiger partial charge in [0.15, 0.2) is 7.49 Å². The third-order valence-corrected chi connectivity index (χ3v) is 17.7. The molecule has 0 fully saturated rings. The fourth-order valence-corrected chi connectivity index (χ4v) is 16.3. The van der Waals surface area contributed by atoms with E-state index in [9.17, 15) is 0 Å². The second kappa shape index (κ2) is 15.8. The van der Waals surface area contributed by atoms with Crippen molar-refractivity contribution in [2.75, 3.05) is 0 Å². The average Bonchev–Trinajstić information content (AvgIpc) is 3.85. The molecule has 0 atom stereocenters. The van der Waals surface area contributed by atoms with Crippen molar-refractivity contribution in [1.82, 2.24) is 0 Å². The van der Waals surface area contributed by atoms with Crippen molar-refractivity contribution in [3.8, 4) is 33.4 Å². The summed E-state index contributed by atoms with van der Waals surface area (Å²) < 4.78 is 8.83. The summed E-state index contributed by atoms with van der Waals surface area (Å²) in [6.07, 6.45) is -2.14. The lowest BCUT2D eigenvalue weighted by atomic mass is 9.26. The van der Waals surface area contributed by atoms with Crippen LogP contribution in [0.15, 0.2) is 158 Å². The summed E-state index contributed by atoms with van der Waals surface area (Å²) in [5, 5.41) is 3.57. The topological polar surface area (TPSA) is 9.23 Å². The Bertz CT molecular complexity index is 2840. The van der Waals surface area contributed by atoms with Crippen LogP contribution in [0.3, 0.4) is 0 Å². The van der Waals surface area contributed by atoms with Gasteiger partial charge in [0.05, 0.1) is 14.6 Å². The molecule has 6 aromatic carbocycles. The van der Waals surface area contributed by atoms with E-state index in [1.54, 1.807) is 22.7 Å². The zero-order valence-corrected chi connectivity index (χ0v) is 36.8. The second-order valence-electron chi connectivity index (χ2n) is 15.7. The number of fused-ring (bicyclic) bond motifs is 3. The van der Waals surface area contributed by atoms with Gasteiger partial charge in [-0.1, -0.05) is 160 Å². The fraction of sp³-hybridized carbons (Fsp3) is 0.111. The Morgan fingerprint density at radius 3 is 1.27 bits per heavy atom. The van der Waals surface area contributed by atoms with Gasteiger partial charge in [0.1, 0.15) is 15.9 Å². The molecule has 0 unspecified atom stereocenters. The highest BCUT2D eigenvalue weighted by Crippen LogP contribution is 2.63. The normalized spacial score (nSPS) is 13.5. The zero-order valence-electron chi connectivity index (χ0n) is 34.3. The molecule has 0 spiro atoms. The summed E-state index contributed by atoms with van der Waals surface area (Å²) in [5.74, 6) is 14.2. The Morgan fingerprint density at radius 2 is 0.831 bits per heavy atom. The molecule has 0 bridgehead atoms. The number of hydrogen-bond donors (Lipinski definition) is 0. The quantitative estimate of drug-likeness (QED) is 0.0977. The molecule has 1 aliphatic rings. The third-order valence-electron chi connectivity index (χ3n) is 11.5. The number of benzene rings is 6. The fourth-order valence-electron chi connectivity index (χ4n) is 9.50. The van der Waals surface area contributed by atoms with Gasteiger partial charge in [-0.25, -0.2) is 0 Å². The molecule has 286 valence electrons. The van der Waals surface area contributed by atoms with E-state index in [-0.39, 0.29) is 0 Å². The van der Waals surface area contributed by atoms with Crippen molar-refractivity contribution in [2.24, 2.45) is 0 Å². The number of thiophene rings is 2. The van der Waals surface area contributed by atoms with E-state index >= 15 is 0 Å². The van der Waals surface area contributed by atoms with Crippen molar-refractivity contribution in [2.45, 2.75) is 41.5 Å². The molecule has 5 heteroatoms. The highest BCUT2D eigenvalue weighted by molar-refractivity contribution is 7.93. The van der Waals surface area contributed by atoms with Crippen LogP contribution in [0.25, 0.3) is 9.75 Å². The van der Waals surface area contributed by atoms with Gasteiger partial charge >= 0.3 is 0 Å². The molecule has 1 nitrogen and oxygen atoms in total. The summed E-state index contributed by atoms with van der Waals surface area (Å²) in [7, 11) is -2.95. The first-order chi connectivity index (χ1) is 28.7. The first-order valence-electron chi connectivity index (χ1n) is 20.1. The maximum atomic E-state index is 8.83. The van der Waals surface area contributed by atoms with E-state index in [0.717, 1.165) is 20.9 Å². The summed E-state index contributed by atoms with van der Waals surface area (Å²) in [5.41, 5.74) is 13.1. The zero-order chi connectivity index (χ0) is 40.7. The Morgan fingerprint density at radius 1 is 0.441 bits per heavy atom. The molecule has 2 aromatic heterocycles. The van der Waals surface area contributed by atoms with Crippen molar-refractivity contribution in [3.63, 3.8) is 0 Å².